The number of aryl methyl sites for hydroxylation is 1. The lowest BCUT2D eigenvalue weighted by Gasteiger charge is -2.40. The van der Waals surface area contributed by atoms with Gasteiger partial charge < -0.3 is 38.3 Å². The Bertz CT molecular complexity index is 1580. The minimum Gasteiger partial charge on any atom is -0.493 e. The first-order chi connectivity index (χ1) is 25.8. The Morgan fingerprint density at radius 2 is 1.45 bits per heavy atom. The number of fused-ring (bicyclic) bond motifs is 3. The van der Waals surface area contributed by atoms with Gasteiger partial charge >= 0.3 is 0 Å². The summed E-state index contributed by atoms with van der Waals surface area (Å²) in [4.78, 5) is 41.6. The van der Waals surface area contributed by atoms with Crippen LogP contribution in [0.5, 0.6) is 17.2 Å². The van der Waals surface area contributed by atoms with Crippen molar-refractivity contribution in [2.24, 2.45) is 4.99 Å². The lowest BCUT2D eigenvalue weighted by Crippen LogP contribution is -2.53. The Balaban J connectivity index is 0.000000720. The van der Waals surface area contributed by atoms with Gasteiger partial charge in [-0.25, -0.2) is 9.97 Å². The molecule has 0 bridgehead atoms. The quantitative estimate of drug-likeness (QED) is 0.215. The van der Waals surface area contributed by atoms with Crippen molar-refractivity contribution >= 4 is 41.3 Å². The second-order valence-corrected chi connectivity index (χ2v) is 12.1. The molecule has 2 saturated heterocycles. The summed E-state index contributed by atoms with van der Waals surface area (Å²) in [6, 6.07) is 8.02. The number of hydrogen-bond donors (Lipinski definition) is 0. The first-order valence-electron chi connectivity index (χ1n) is 18.6. The van der Waals surface area contributed by atoms with E-state index in [1.807, 2.05) is 76.8 Å². The topological polar surface area (TPSA) is 128 Å². The van der Waals surface area contributed by atoms with E-state index in [2.05, 4.69) is 43.1 Å². The molecule has 53 heavy (non-hydrogen) atoms. The van der Waals surface area contributed by atoms with Crippen molar-refractivity contribution in [2.45, 2.75) is 79.5 Å². The molecule has 294 valence electrons. The van der Waals surface area contributed by atoms with Crippen LogP contribution in [0.1, 0.15) is 70.3 Å². The van der Waals surface area contributed by atoms with Gasteiger partial charge in [-0.1, -0.05) is 27.7 Å². The summed E-state index contributed by atoms with van der Waals surface area (Å²) in [7, 11) is 6.57. The molecule has 0 N–H and O–H groups in total. The molecule has 0 spiro atoms. The van der Waals surface area contributed by atoms with Gasteiger partial charge in [0.1, 0.15) is 30.8 Å². The number of rotatable bonds is 10. The van der Waals surface area contributed by atoms with E-state index >= 15 is 0 Å². The molecule has 6 rings (SSSR count). The first-order valence-corrected chi connectivity index (χ1v) is 18.6. The van der Waals surface area contributed by atoms with Crippen LogP contribution >= 0.6 is 0 Å². The maximum Gasteiger partial charge on any atom is 0.256 e. The highest BCUT2D eigenvalue weighted by Crippen LogP contribution is 2.36. The van der Waals surface area contributed by atoms with Crippen LogP contribution in [0.15, 0.2) is 35.6 Å². The number of anilines is 1. The minimum atomic E-state index is -0.0523. The van der Waals surface area contributed by atoms with E-state index in [1.165, 1.54) is 0 Å². The number of hydrogen-bond acceptors (Lipinski definition) is 12. The molecular weight excluding hydrogens is 676 g/mol. The molecule has 2 fully saturated rings. The Morgan fingerprint density at radius 1 is 0.830 bits per heavy atom. The third kappa shape index (κ3) is 11.3. The summed E-state index contributed by atoms with van der Waals surface area (Å²) in [5.74, 6) is 3.08. The van der Waals surface area contributed by atoms with E-state index in [9.17, 15) is 4.79 Å². The summed E-state index contributed by atoms with van der Waals surface area (Å²) in [6.45, 7) is 22.0. The number of benzene rings is 2. The van der Waals surface area contributed by atoms with Gasteiger partial charge in [-0.05, 0) is 51.3 Å². The fourth-order valence-electron chi connectivity index (χ4n) is 6.33. The van der Waals surface area contributed by atoms with Crippen molar-refractivity contribution < 1.29 is 33.3 Å². The first kappa shape index (κ1) is 44.8. The Kier molecular flexibility index (Phi) is 19.8. The van der Waals surface area contributed by atoms with Crippen LogP contribution in [-0.4, -0.2) is 131 Å². The monoisotopic (exact) mass is 738 g/mol. The molecule has 2 unspecified atom stereocenters. The number of aromatic nitrogens is 2. The molecule has 3 aliphatic heterocycles. The number of carbonyl (C=O) groups excluding carboxylic acids is 2. The lowest BCUT2D eigenvalue weighted by atomic mass is 10.1. The molecule has 0 radical (unpaired) electrons. The zero-order valence-electron chi connectivity index (χ0n) is 33.8. The number of carbonyl (C=O) groups is 2. The summed E-state index contributed by atoms with van der Waals surface area (Å²) in [6.07, 6.45) is 5.49. The fraction of sp³-hybridized carbons (Fsp3) is 0.575. The molecule has 4 heterocycles. The summed E-state index contributed by atoms with van der Waals surface area (Å²) in [5.41, 5.74) is 3.15. The zero-order chi connectivity index (χ0) is 39.5. The Morgan fingerprint density at radius 3 is 2.06 bits per heavy atom. The van der Waals surface area contributed by atoms with Gasteiger partial charge in [0.05, 0.1) is 50.2 Å². The second kappa shape index (κ2) is 23.4. The number of nitrogens with zero attached hydrogens (tertiary/aromatic N) is 6. The largest absolute Gasteiger partial charge is 0.493 e. The smallest absolute Gasteiger partial charge is 0.256 e. The van der Waals surface area contributed by atoms with Gasteiger partial charge in [0.2, 0.25) is 0 Å². The maximum atomic E-state index is 13.2. The van der Waals surface area contributed by atoms with E-state index in [4.69, 9.17) is 24.0 Å². The number of ether oxygens (including phenoxy) is 5. The Labute approximate surface area is 316 Å². The lowest BCUT2D eigenvalue weighted by molar-refractivity contribution is -0.0980. The van der Waals surface area contributed by atoms with Crippen LogP contribution in [-0.2, 0) is 14.3 Å². The molecule has 3 aliphatic rings. The van der Waals surface area contributed by atoms with E-state index in [0.717, 1.165) is 73.6 Å². The van der Waals surface area contributed by atoms with Crippen LogP contribution in [0.4, 0.5) is 11.5 Å². The van der Waals surface area contributed by atoms with Gasteiger partial charge in [-0.2, -0.15) is 0 Å². The van der Waals surface area contributed by atoms with Crippen molar-refractivity contribution in [3.05, 3.63) is 41.7 Å². The van der Waals surface area contributed by atoms with Crippen molar-refractivity contribution in [3.63, 3.8) is 0 Å². The van der Waals surface area contributed by atoms with Gasteiger partial charge in [0, 0.05) is 76.7 Å². The summed E-state index contributed by atoms with van der Waals surface area (Å²) in [5, 5.41) is 0.948. The number of aliphatic imine (C=N–C) groups is 1. The number of methoxy groups -OCH3 is 4. The SMILES string of the molecule is C=O.CC.CC.COCCOC.COc1cc2ncnc(N3CCN(C(C)C(C)Oc4cc5c(cc4C)C(=O)N4CCC[C@H]4C=N5)CC3)c2cc1OC. The van der Waals surface area contributed by atoms with Gasteiger partial charge in [-0.15, -0.1) is 0 Å². The fourth-order valence-corrected chi connectivity index (χ4v) is 6.33. The standard InChI is InChI=1S/C31H38N6O4.C4H10O2.2C2H6.CH2O/c1-19-13-24-26(32-17-22-7-6-8-37(22)31(24)38)15-27(19)41-21(3)20(2)35-9-11-36(12-10-35)30-23-14-28(39-4)29(40-5)16-25(23)33-18-34-30;1-5-3-4-6-2;3*1-2/h13-18,20-22H,6-12H2,1-5H3;3-4H2,1-2H3;2*1-2H3;1H2/t20?,21?,22-;;;;/m0..../s1. The van der Waals surface area contributed by atoms with Gasteiger partial charge in [-0.3, -0.25) is 14.7 Å². The molecule has 3 aromatic rings. The van der Waals surface area contributed by atoms with Crippen LogP contribution in [0, 0.1) is 6.92 Å². The summed E-state index contributed by atoms with van der Waals surface area (Å²) < 4.78 is 26.8. The molecule has 0 aliphatic carbocycles. The van der Waals surface area contributed by atoms with Gasteiger partial charge in [0.25, 0.3) is 5.91 Å². The highest BCUT2D eigenvalue weighted by molar-refractivity contribution is 6.03. The molecule has 3 atom stereocenters. The molecular formula is C40H62N6O7. The second-order valence-electron chi connectivity index (χ2n) is 12.1. The molecule has 13 nitrogen and oxygen atoms in total. The van der Waals surface area contributed by atoms with Crippen molar-refractivity contribution in [3.8, 4) is 17.2 Å². The zero-order valence-corrected chi connectivity index (χ0v) is 33.8. The van der Waals surface area contributed by atoms with Crippen LogP contribution in [0.3, 0.4) is 0 Å². The normalized spacial score (nSPS) is 17.1. The number of amides is 1. The highest BCUT2D eigenvalue weighted by Gasteiger charge is 2.33. The van der Waals surface area contributed by atoms with Crippen LogP contribution in [0.25, 0.3) is 10.9 Å². The molecule has 13 heteroatoms. The van der Waals surface area contributed by atoms with Crippen molar-refractivity contribution in [1.82, 2.24) is 19.8 Å². The average Bonchev–Trinajstić information content (AvgIpc) is 3.65. The van der Waals surface area contributed by atoms with E-state index in [1.54, 1.807) is 34.8 Å². The molecule has 1 aromatic heterocycles. The average molecular weight is 739 g/mol. The highest BCUT2D eigenvalue weighted by atomic mass is 16.5. The van der Waals surface area contributed by atoms with E-state index < -0.39 is 0 Å². The minimum absolute atomic E-state index is 0.0523. The predicted molar refractivity (Wildman–Crippen MR) is 213 cm³/mol. The van der Waals surface area contributed by atoms with Crippen molar-refractivity contribution in [1.29, 1.82) is 0 Å². The number of piperazine rings is 1. The van der Waals surface area contributed by atoms with Crippen LogP contribution < -0.4 is 19.1 Å². The Hall–Kier alpha value is -4.33. The summed E-state index contributed by atoms with van der Waals surface area (Å²) >= 11 is 0. The third-order valence-corrected chi connectivity index (χ3v) is 9.26. The van der Waals surface area contributed by atoms with Crippen LogP contribution in [0.2, 0.25) is 0 Å². The van der Waals surface area contributed by atoms with E-state index in [-0.39, 0.29) is 24.1 Å². The van der Waals surface area contributed by atoms with Gasteiger partial charge in [0.15, 0.2) is 11.5 Å². The predicted octanol–water partition coefficient (Wildman–Crippen LogP) is 6.40. The van der Waals surface area contributed by atoms with E-state index in [0.29, 0.717) is 36.0 Å². The molecule has 1 amide bonds. The third-order valence-electron chi connectivity index (χ3n) is 9.26. The molecule has 0 saturated carbocycles. The molecule has 2 aromatic carbocycles. The van der Waals surface area contributed by atoms with Crippen molar-refractivity contribution in [2.75, 3.05) is 79.3 Å². The maximum absolute atomic E-state index is 13.2.